The molecule has 1 unspecified atom stereocenters. The van der Waals surface area contributed by atoms with Crippen LogP contribution in [0.2, 0.25) is 0 Å². The van der Waals surface area contributed by atoms with E-state index < -0.39 is 53.0 Å². The summed E-state index contributed by atoms with van der Waals surface area (Å²) >= 11 is -1.62. The molecule has 1 N–H and O–H groups in total. The molecule has 0 aliphatic carbocycles. The van der Waals surface area contributed by atoms with Gasteiger partial charge in [-0.2, -0.15) is 0 Å². The summed E-state index contributed by atoms with van der Waals surface area (Å²) in [5.41, 5.74) is 3.77. The van der Waals surface area contributed by atoms with Crippen LogP contribution < -0.4 is 0 Å². The van der Waals surface area contributed by atoms with E-state index in [1.54, 1.807) is 0 Å². The molecule has 9 nitrogen and oxygen atoms in total. The maximum Gasteiger partial charge on any atom is 0.305 e. The molecule has 2 aromatic carbocycles. The molecule has 1 aliphatic heterocycles. The van der Waals surface area contributed by atoms with Crippen molar-refractivity contribution in [3.8, 4) is 0 Å². The summed E-state index contributed by atoms with van der Waals surface area (Å²) in [6.45, 7) is 4.38. The molecule has 0 amide bonds. The van der Waals surface area contributed by atoms with Crippen LogP contribution >= 0.6 is 0 Å². The van der Waals surface area contributed by atoms with Crippen LogP contribution in [-0.2, 0) is 57.3 Å². The van der Waals surface area contributed by atoms with Crippen molar-refractivity contribution in [3.63, 3.8) is 0 Å². The van der Waals surface area contributed by atoms with E-state index in [1.165, 1.54) is 27.2 Å². The lowest BCUT2D eigenvalue weighted by molar-refractivity contribution is -0.226. The molecule has 6 atom stereocenters. The van der Waals surface area contributed by atoms with Gasteiger partial charge in [-0.1, -0.05) is 42.5 Å². The zero-order chi connectivity index (χ0) is 28.7. The number of methoxy groups -OCH3 is 1. The molecule has 0 saturated carbocycles. The molecular formula is C29H36O9S. The topological polar surface area (TPSA) is 131 Å². The van der Waals surface area contributed by atoms with Crippen LogP contribution in [0.15, 0.2) is 42.5 Å². The van der Waals surface area contributed by atoms with Gasteiger partial charge >= 0.3 is 17.9 Å². The Morgan fingerprint density at radius 2 is 1.62 bits per heavy atom. The number of benzene rings is 2. The number of carbonyl (C=O) groups excluding carboxylic acids is 3. The van der Waals surface area contributed by atoms with Crippen molar-refractivity contribution in [2.75, 3.05) is 13.4 Å². The Morgan fingerprint density at radius 1 is 1.00 bits per heavy atom. The lowest BCUT2D eigenvalue weighted by atomic mass is 9.90. The van der Waals surface area contributed by atoms with Crippen molar-refractivity contribution in [3.05, 3.63) is 70.3 Å². The molecule has 1 heterocycles. The van der Waals surface area contributed by atoms with Gasteiger partial charge in [0.15, 0.2) is 6.10 Å². The van der Waals surface area contributed by atoms with Gasteiger partial charge < -0.3 is 28.6 Å². The summed E-state index contributed by atoms with van der Waals surface area (Å²) in [7, 11) is 1.38. The fourth-order valence-corrected chi connectivity index (χ4v) is 5.51. The number of rotatable bonds is 10. The van der Waals surface area contributed by atoms with Crippen molar-refractivity contribution in [2.24, 2.45) is 0 Å². The van der Waals surface area contributed by atoms with E-state index in [4.69, 9.17) is 14.2 Å². The van der Waals surface area contributed by atoms with E-state index in [0.29, 0.717) is 24.8 Å². The van der Waals surface area contributed by atoms with Crippen LogP contribution in [0.3, 0.4) is 0 Å². The van der Waals surface area contributed by atoms with Crippen LogP contribution in [0.1, 0.15) is 60.6 Å². The van der Waals surface area contributed by atoms with Gasteiger partial charge in [-0.25, -0.2) is 0 Å². The molecule has 39 heavy (non-hydrogen) atoms. The van der Waals surface area contributed by atoms with Gasteiger partial charge in [0.25, 0.3) is 5.44 Å². The van der Waals surface area contributed by atoms with Crippen molar-refractivity contribution in [1.29, 1.82) is 0 Å². The van der Waals surface area contributed by atoms with E-state index in [2.05, 4.69) is 4.74 Å². The third-order valence-electron chi connectivity index (χ3n) is 6.65. The number of carbonyl (C=O) groups is 3. The number of aliphatic hydroxyl groups is 1. The molecule has 0 spiro atoms. The second-order valence-electron chi connectivity index (χ2n) is 9.67. The normalized spacial score (nSPS) is 23.5. The predicted octanol–water partition coefficient (Wildman–Crippen LogP) is 3.08. The zero-order valence-electron chi connectivity index (χ0n) is 22.9. The third-order valence-corrected chi connectivity index (χ3v) is 7.68. The number of hydrogen-bond acceptors (Lipinski definition) is 9. The summed E-state index contributed by atoms with van der Waals surface area (Å²) in [6, 6.07) is 13.8. The SMILES string of the molecule is COC(=O)CCCc1ccc(Cc2cc([C@@H]3O[C@H]([S+](C)[O-])[C@@H](OC(C)=O)[C@H](O)[C@H]3OC(C)=O)ccc2C)cc1. The molecule has 1 saturated heterocycles. The zero-order valence-corrected chi connectivity index (χ0v) is 23.7. The first-order chi connectivity index (χ1) is 18.5. The van der Waals surface area contributed by atoms with Gasteiger partial charge in [0, 0.05) is 20.3 Å². The van der Waals surface area contributed by atoms with Gasteiger partial charge in [-0.15, -0.1) is 0 Å². The quantitative estimate of drug-likeness (QED) is 0.265. The Hall–Kier alpha value is -2.92. The van der Waals surface area contributed by atoms with E-state index in [1.807, 2.05) is 49.4 Å². The lowest BCUT2D eigenvalue weighted by Gasteiger charge is -2.42. The van der Waals surface area contributed by atoms with E-state index in [9.17, 15) is 24.0 Å². The first-order valence-corrected chi connectivity index (χ1v) is 14.4. The highest BCUT2D eigenvalue weighted by Crippen LogP contribution is 2.38. The monoisotopic (exact) mass is 560 g/mol. The molecule has 2 aromatic rings. The average Bonchev–Trinajstić information content (AvgIpc) is 2.88. The third kappa shape index (κ3) is 8.28. The molecule has 212 valence electrons. The standard InChI is InChI=1S/C29H36O9S/c1-17-9-14-22(16-23(17)15-21-12-10-20(11-13-21)7-6-8-24(32)35-4)26-27(36-18(2)30)25(33)28(37-19(3)31)29(38-26)39(5)34/h9-14,16,25-29,33H,6-8,15H2,1-5H3/t25-,26+,27-,28+,29-,39?/m1/s1. The van der Waals surface area contributed by atoms with Crippen LogP contribution in [0, 0.1) is 6.92 Å². The van der Waals surface area contributed by atoms with Crippen molar-refractivity contribution in [2.45, 2.75) is 76.3 Å². The van der Waals surface area contributed by atoms with Gasteiger partial charge in [0.2, 0.25) is 6.10 Å². The highest BCUT2D eigenvalue weighted by Gasteiger charge is 2.53. The summed E-state index contributed by atoms with van der Waals surface area (Å²) in [5.74, 6) is -1.53. The summed E-state index contributed by atoms with van der Waals surface area (Å²) in [5, 5.41) is 11.1. The van der Waals surface area contributed by atoms with E-state index in [-0.39, 0.29) is 5.97 Å². The van der Waals surface area contributed by atoms with Gasteiger partial charge in [-0.05, 0) is 65.2 Å². The fourth-order valence-electron chi connectivity index (χ4n) is 4.64. The second-order valence-corrected chi connectivity index (χ2v) is 11.1. The second kappa shape index (κ2) is 13.9. The van der Waals surface area contributed by atoms with E-state index >= 15 is 0 Å². The van der Waals surface area contributed by atoms with Crippen molar-refractivity contribution < 1.29 is 43.0 Å². The molecule has 0 radical (unpaired) electrons. The number of esters is 3. The molecular weight excluding hydrogens is 524 g/mol. The predicted molar refractivity (Wildman–Crippen MR) is 144 cm³/mol. The first kappa shape index (κ1) is 30.6. The van der Waals surface area contributed by atoms with Crippen LogP contribution in [0.4, 0.5) is 0 Å². The first-order valence-electron chi connectivity index (χ1n) is 12.7. The maximum absolute atomic E-state index is 12.5. The van der Waals surface area contributed by atoms with E-state index in [0.717, 1.165) is 28.7 Å². The number of aryl methyl sites for hydroxylation is 2. The highest BCUT2D eigenvalue weighted by molar-refractivity contribution is 7.91. The average molecular weight is 561 g/mol. The Labute approximate surface area is 232 Å². The molecule has 10 heteroatoms. The van der Waals surface area contributed by atoms with Gasteiger partial charge in [0.05, 0.1) is 13.4 Å². The number of ether oxygens (including phenoxy) is 4. The Balaban J connectivity index is 1.83. The number of hydrogen-bond donors (Lipinski definition) is 1. The minimum absolute atomic E-state index is 0.217. The number of aliphatic hydroxyl groups excluding tert-OH is 1. The lowest BCUT2D eigenvalue weighted by Crippen LogP contribution is -2.58. The summed E-state index contributed by atoms with van der Waals surface area (Å²) in [4.78, 5) is 34.9. The molecule has 3 rings (SSSR count). The maximum atomic E-state index is 12.5. The molecule has 0 aromatic heterocycles. The van der Waals surface area contributed by atoms with Gasteiger partial charge in [-0.3, -0.25) is 14.4 Å². The van der Waals surface area contributed by atoms with Crippen molar-refractivity contribution in [1.82, 2.24) is 0 Å². The van der Waals surface area contributed by atoms with Crippen LogP contribution in [0.25, 0.3) is 0 Å². The molecule has 1 fully saturated rings. The molecule has 0 bridgehead atoms. The fraction of sp³-hybridized carbons (Fsp3) is 0.483. The minimum atomic E-state index is -1.62. The Kier molecular flexibility index (Phi) is 10.9. The summed E-state index contributed by atoms with van der Waals surface area (Å²) < 4.78 is 34.0. The largest absolute Gasteiger partial charge is 0.614 e. The summed E-state index contributed by atoms with van der Waals surface area (Å²) in [6.07, 6.45) is -0.918. The molecule has 1 aliphatic rings. The smallest absolute Gasteiger partial charge is 0.305 e. The van der Waals surface area contributed by atoms with Crippen LogP contribution in [-0.4, -0.2) is 64.7 Å². The van der Waals surface area contributed by atoms with Crippen LogP contribution in [0.5, 0.6) is 0 Å². The minimum Gasteiger partial charge on any atom is -0.614 e. The Bertz CT molecular complexity index is 1150. The highest BCUT2D eigenvalue weighted by atomic mass is 32.2. The van der Waals surface area contributed by atoms with Gasteiger partial charge in [0.1, 0.15) is 12.2 Å². The van der Waals surface area contributed by atoms with Crippen molar-refractivity contribution >= 4 is 29.1 Å². The Morgan fingerprint density at radius 3 is 2.21 bits per heavy atom.